The van der Waals surface area contributed by atoms with Gasteiger partial charge in [0.1, 0.15) is 30.1 Å². The molecule has 3 rings (SSSR count). The van der Waals surface area contributed by atoms with Crippen molar-refractivity contribution in [2.24, 2.45) is 11.7 Å². The van der Waals surface area contributed by atoms with E-state index in [1.807, 2.05) is 13.8 Å². The van der Waals surface area contributed by atoms with Crippen molar-refractivity contribution in [3.8, 4) is 5.75 Å². The van der Waals surface area contributed by atoms with Gasteiger partial charge >= 0.3 is 0 Å². The Morgan fingerprint density at radius 1 is 1.22 bits per heavy atom. The van der Waals surface area contributed by atoms with E-state index in [2.05, 4.69) is 31.2 Å². The maximum absolute atomic E-state index is 13.0. The second-order valence-electron chi connectivity index (χ2n) is 8.96. The SMILES string of the molecule is CC(C)C[C@@H]1NC(=O)[C@@H](N)CNC(=O)c2cc(NC(=O)c3cnccn3)ccc2OCC(CO)NC1=O. The van der Waals surface area contributed by atoms with Crippen molar-refractivity contribution < 1.29 is 29.0 Å². The smallest absolute Gasteiger partial charge is 0.275 e. The van der Waals surface area contributed by atoms with Crippen LogP contribution in [0, 0.1) is 5.92 Å². The van der Waals surface area contributed by atoms with Gasteiger partial charge in [-0.3, -0.25) is 24.2 Å². The van der Waals surface area contributed by atoms with Crippen LogP contribution in [0.25, 0.3) is 0 Å². The zero-order valence-electron chi connectivity index (χ0n) is 20.6. The number of hydrogen-bond acceptors (Lipinski definition) is 9. The molecule has 1 aromatic heterocycles. The van der Waals surface area contributed by atoms with E-state index in [1.54, 1.807) is 0 Å². The number of nitrogens with one attached hydrogen (secondary N) is 4. The minimum atomic E-state index is -1.13. The molecule has 4 amide bonds. The van der Waals surface area contributed by atoms with Gasteiger partial charge in [-0.1, -0.05) is 13.8 Å². The Kier molecular flexibility index (Phi) is 9.46. The Bertz CT molecular complexity index is 1130. The number of nitrogens with two attached hydrogens (primary N) is 1. The monoisotopic (exact) mass is 513 g/mol. The van der Waals surface area contributed by atoms with Crippen LogP contribution in [0.3, 0.4) is 0 Å². The molecule has 0 aliphatic carbocycles. The van der Waals surface area contributed by atoms with Crippen LogP contribution >= 0.6 is 0 Å². The van der Waals surface area contributed by atoms with Gasteiger partial charge in [0.15, 0.2) is 0 Å². The third kappa shape index (κ3) is 7.69. The van der Waals surface area contributed by atoms with Crippen LogP contribution in [-0.2, 0) is 9.59 Å². The third-order valence-electron chi connectivity index (χ3n) is 5.44. The summed E-state index contributed by atoms with van der Waals surface area (Å²) in [5, 5.41) is 20.3. The van der Waals surface area contributed by atoms with Gasteiger partial charge in [-0.2, -0.15) is 0 Å². The lowest BCUT2D eigenvalue weighted by atomic mass is 10.0. The van der Waals surface area contributed by atoms with Crippen LogP contribution in [0.1, 0.15) is 41.1 Å². The van der Waals surface area contributed by atoms with E-state index in [9.17, 15) is 24.3 Å². The summed E-state index contributed by atoms with van der Waals surface area (Å²) in [6.45, 7) is 2.99. The fourth-order valence-corrected chi connectivity index (χ4v) is 3.53. The van der Waals surface area contributed by atoms with Crippen LogP contribution in [0.15, 0.2) is 36.8 Å². The van der Waals surface area contributed by atoms with Gasteiger partial charge in [-0.15, -0.1) is 0 Å². The van der Waals surface area contributed by atoms with Crippen molar-refractivity contribution in [1.82, 2.24) is 25.9 Å². The summed E-state index contributed by atoms with van der Waals surface area (Å²) in [7, 11) is 0. The first kappa shape index (κ1) is 27.5. The Labute approximate surface area is 213 Å². The first-order valence-electron chi connectivity index (χ1n) is 11.8. The maximum atomic E-state index is 13.0. The molecule has 1 unspecified atom stereocenters. The zero-order valence-corrected chi connectivity index (χ0v) is 20.6. The highest BCUT2D eigenvalue weighted by atomic mass is 16.5. The summed E-state index contributed by atoms with van der Waals surface area (Å²) in [6.07, 6.45) is 4.45. The van der Waals surface area contributed by atoms with Crippen LogP contribution in [0.4, 0.5) is 5.69 Å². The number of benzene rings is 1. The van der Waals surface area contributed by atoms with Crippen LogP contribution in [0.2, 0.25) is 0 Å². The van der Waals surface area contributed by atoms with Crippen LogP contribution in [0.5, 0.6) is 5.75 Å². The van der Waals surface area contributed by atoms with Gasteiger partial charge in [0, 0.05) is 24.6 Å². The minimum Gasteiger partial charge on any atom is -0.491 e. The number of aromatic nitrogens is 2. The fraction of sp³-hybridized carbons (Fsp3) is 0.417. The van der Waals surface area contributed by atoms with Crippen molar-refractivity contribution in [3.63, 3.8) is 0 Å². The van der Waals surface area contributed by atoms with Crippen molar-refractivity contribution >= 4 is 29.3 Å². The number of aliphatic hydroxyl groups is 1. The molecule has 2 aromatic rings. The Morgan fingerprint density at radius 3 is 2.68 bits per heavy atom. The molecular formula is C24H31N7O6. The summed E-state index contributed by atoms with van der Waals surface area (Å²) >= 11 is 0. The first-order valence-corrected chi connectivity index (χ1v) is 11.8. The highest BCUT2D eigenvalue weighted by molar-refractivity contribution is 6.04. The number of aliphatic hydroxyl groups excluding tert-OH is 1. The number of ether oxygens (including phenoxy) is 1. The number of amides is 4. The highest BCUT2D eigenvalue weighted by Gasteiger charge is 2.28. The maximum Gasteiger partial charge on any atom is 0.275 e. The number of carbonyl (C=O) groups excluding carboxylic acids is 4. The average Bonchev–Trinajstić information content (AvgIpc) is 2.88. The molecule has 0 radical (unpaired) electrons. The normalized spacial score (nSPS) is 21.0. The number of hydrogen-bond donors (Lipinski definition) is 6. The van der Waals surface area contributed by atoms with E-state index in [4.69, 9.17) is 10.5 Å². The molecule has 1 aliphatic heterocycles. The van der Waals surface area contributed by atoms with E-state index in [0.29, 0.717) is 6.42 Å². The predicted molar refractivity (Wildman–Crippen MR) is 133 cm³/mol. The predicted octanol–water partition coefficient (Wildman–Crippen LogP) is -0.814. The molecule has 1 aromatic carbocycles. The van der Waals surface area contributed by atoms with Gasteiger partial charge in [0.25, 0.3) is 11.8 Å². The quantitative estimate of drug-likeness (QED) is 0.296. The van der Waals surface area contributed by atoms with Gasteiger partial charge in [-0.05, 0) is 30.5 Å². The van der Waals surface area contributed by atoms with Crippen LogP contribution in [-0.4, -0.2) is 76.6 Å². The molecular weight excluding hydrogens is 482 g/mol. The molecule has 7 N–H and O–H groups in total. The molecule has 0 saturated carbocycles. The molecule has 0 saturated heterocycles. The van der Waals surface area contributed by atoms with Gasteiger partial charge < -0.3 is 36.8 Å². The van der Waals surface area contributed by atoms with E-state index in [0.717, 1.165) is 0 Å². The Balaban J connectivity index is 1.87. The minimum absolute atomic E-state index is 0.0438. The molecule has 2 heterocycles. The molecule has 13 nitrogen and oxygen atoms in total. The Morgan fingerprint density at radius 2 is 2.00 bits per heavy atom. The van der Waals surface area contributed by atoms with Gasteiger partial charge in [0.2, 0.25) is 11.8 Å². The molecule has 0 fully saturated rings. The third-order valence-corrected chi connectivity index (χ3v) is 5.44. The molecule has 0 bridgehead atoms. The zero-order chi connectivity index (χ0) is 26.9. The van der Waals surface area contributed by atoms with Gasteiger partial charge in [0.05, 0.1) is 24.4 Å². The molecule has 1 aliphatic rings. The fourth-order valence-electron chi connectivity index (χ4n) is 3.53. The summed E-state index contributed by atoms with van der Waals surface area (Å²) in [5.41, 5.74) is 6.37. The molecule has 37 heavy (non-hydrogen) atoms. The number of carbonyl (C=O) groups is 4. The van der Waals surface area contributed by atoms with Crippen molar-refractivity contribution in [2.75, 3.05) is 25.1 Å². The summed E-state index contributed by atoms with van der Waals surface area (Å²) in [6, 6.07) is 1.56. The lowest BCUT2D eigenvalue weighted by Crippen LogP contribution is -2.56. The highest BCUT2D eigenvalue weighted by Crippen LogP contribution is 2.24. The largest absolute Gasteiger partial charge is 0.491 e. The van der Waals surface area contributed by atoms with Crippen molar-refractivity contribution in [3.05, 3.63) is 48.0 Å². The number of fused-ring (bicyclic) bond motifs is 1. The molecule has 3 atom stereocenters. The first-order chi connectivity index (χ1) is 17.7. The van der Waals surface area contributed by atoms with Gasteiger partial charge in [-0.25, -0.2) is 4.98 Å². The summed E-state index contributed by atoms with van der Waals surface area (Å²) < 4.78 is 5.77. The molecule has 198 valence electrons. The van der Waals surface area contributed by atoms with E-state index in [-0.39, 0.29) is 41.8 Å². The second-order valence-corrected chi connectivity index (χ2v) is 8.96. The van der Waals surface area contributed by atoms with Crippen molar-refractivity contribution in [2.45, 2.75) is 38.4 Å². The summed E-state index contributed by atoms with van der Waals surface area (Å²) in [5.74, 6) is -2.01. The topological polar surface area (TPSA) is 198 Å². The molecule has 13 heteroatoms. The lowest BCUT2D eigenvalue weighted by molar-refractivity contribution is -0.130. The number of anilines is 1. The standard InChI is InChI=1S/C24H31N7O6/c1-13(2)7-18-23(35)30-15(11-32)12-37-20-4-3-14(29-24(36)19-10-26-5-6-27-19)8-16(20)21(33)28-9-17(25)22(34)31-18/h3-6,8,10,13,15,17-18,32H,7,9,11-12,25H2,1-2H3,(H,28,33)(H,29,36)(H,30,35)(H,31,34)/t15?,17-,18-/m0/s1. The Hall–Kier alpha value is -4.10. The van der Waals surface area contributed by atoms with Crippen LogP contribution < -0.4 is 31.7 Å². The average molecular weight is 514 g/mol. The lowest BCUT2D eigenvalue weighted by Gasteiger charge is -2.26. The molecule has 0 spiro atoms. The van der Waals surface area contributed by atoms with E-state index < -0.39 is 48.4 Å². The number of nitrogens with zero attached hydrogens (tertiary/aromatic N) is 2. The second kappa shape index (κ2) is 12.7. The van der Waals surface area contributed by atoms with Crippen molar-refractivity contribution in [1.29, 1.82) is 0 Å². The van der Waals surface area contributed by atoms with E-state index in [1.165, 1.54) is 36.8 Å². The number of rotatable bonds is 5. The van der Waals surface area contributed by atoms with E-state index >= 15 is 0 Å². The summed E-state index contributed by atoms with van der Waals surface area (Å²) in [4.78, 5) is 58.7.